The van der Waals surface area contributed by atoms with Crippen molar-refractivity contribution >= 4 is 39.1 Å². The maximum Gasteiger partial charge on any atom is 0.416 e. The van der Waals surface area contributed by atoms with Crippen LogP contribution in [0.25, 0.3) is 0 Å². The Morgan fingerprint density at radius 1 is 1.08 bits per heavy atom. The van der Waals surface area contributed by atoms with Crippen molar-refractivity contribution in [2.75, 3.05) is 17.1 Å². The number of carbonyl (C=O) groups is 2. The van der Waals surface area contributed by atoms with E-state index < -0.39 is 46.2 Å². The molecule has 0 aromatic heterocycles. The predicted molar refractivity (Wildman–Crippen MR) is 133 cm³/mol. The summed E-state index contributed by atoms with van der Waals surface area (Å²) in [6, 6.07) is 9.11. The first-order valence-electron chi connectivity index (χ1n) is 11.1. The number of anilines is 1. The molecule has 198 valence electrons. The molecular formula is C24H29ClF3N3O4S. The minimum Gasteiger partial charge on any atom is -0.352 e. The van der Waals surface area contributed by atoms with Crippen LogP contribution in [-0.2, 0) is 32.3 Å². The lowest BCUT2D eigenvalue weighted by molar-refractivity contribution is -0.139. The van der Waals surface area contributed by atoms with Gasteiger partial charge in [0.1, 0.15) is 12.6 Å². The van der Waals surface area contributed by atoms with Crippen LogP contribution in [0.3, 0.4) is 0 Å². The average Bonchev–Trinajstić information content (AvgIpc) is 2.79. The number of rotatable bonds is 10. The van der Waals surface area contributed by atoms with Gasteiger partial charge in [-0.15, -0.1) is 0 Å². The second-order valence-corrected chi connectivity index (χ2v) is 10.8. The first-order chi connectivity index (χ1) is 16.6. The Morgan fingerprint density at radius 2 is 1.72 bits per heavy atom. The third kappa shape index (κ3) is 8.12. The van der Waals surface area contributed by atoms with Gasteiger partial charge in [-0.3, -0.25) is 13.9 Å². The monoisotopic (exact) mass is 547 g/mol. The molecule has 2 aromatic rings. The summed E-state index contributed by atoms with van der Waals surface area (Å²) in [5.74, 6) is -1.23. The highest BCUT2D eigenvalue weighted by molar-refractivity contribution is 7.92. The molecule has 2 amide bonds. The number of sulfonamides is 1. The number of amides is 2. The van der Waals surface area contributed by atoms with Gasteiger partial charge in [0.15, 0.2) is 0 Å². The summed E-state index contributed by atoms with van der Waals surface area (Å²) >= 11 is 6.05. The van der Waals surface area contributed by atoms with Gasteiger partial charge in [-0.1, -0.05) is 36.7 Å². The highest BCUT2D eigenvalue weighted by Gasteiger charge is 2.33. The molecule has 0 unspecified atom stereocenters. The number of hydrogen-bond acceptors (Lipinski definition) is 4. The molecule has 0 radical (unpaired) electrons. The number of halogens is 4. The second kappa shape index (κ2) is 12.0. The van der Waals surface area contributed by atoms with E-state index in [1.54, 1.807) is 31.2 Å². The van der Waals surface area contributed by atoms with Crippen molar-refractivity contribution < 1.29 is 31.2 Å². The van der Waals surface area contributed by atoms with Crippen LogP contribution in [0.4, 0.5) is 18.9 Å². The summed E-state index contributed by atoms with van der Waals surface area (Å²) in [6.45, 7) is 4.29. The van der Waals surface area contributed by atoms with Crippen LogP contribution in [0.1, 0.15) is 38.3 Å². The number of alkyl halides is 3. The summed E-state index contributed by atoms with van der Waals surface area (Å²) in [6.07, 6.45) is -3.26. The maximum absolute atomic E-state index is 13.4. The van der Waals surface area contributed by atoms with Crippen LogP contribution >= 0.6 is 11.6 Å². The normalized spacial score (nSPS) is 13.6. The standard InChI is InChI=1S/C24H29ClF3N3O4S/c1-5-16(2)29-23(33)17(3)30(14-18-8-6-10-20(25)12-18)22(32)15-31(36(4,34)35)21-11-7-9-19(13-21)24(26,27)28/h6-13,16-17H,5,14-15H2,1-4H3,(H,29,33)/t16-,17-/m0/s1. The van der Waals surface area contributed by atoms with Crippen molar-refractivity contribution in [3.63, 3.8) is 0 Å². The topological polar surface area (TPSA) is 86.8 Å². The lowest BCUT2D eigenvalue weighted by atomic mass is 10.1. The Bertz CT molecular complexity index is 1190. The molecule has 0 aliphatic heterocycles. The third-order valence-electron chi connectivity index (χ3n) is 5.55. The summed E-state index contributed by atoms with van der Waals surface area (Å²) in [7, 11) is -4.16. The predicted octanol–water partition coefficient (Wildman–Crippen LogP) is 4.46. The van der Waals surface area contributed by atoms with Crippen molar-refractivity contribution in [1.82, 2.24) is 10.2 Å². The smallest absolute Gasteiger partial charge is 0.352 e. The van der Waals surface area contributed by atoms with Gasteiger partial charge in [-0.25, -0.2) is 8.42 Å². The quantitative estimate of drug-likeness (QED) is 0.476. The molecule has 0 bridgehead atoms. The first-order valence-corrected chi connectivity index (χ1v) is 13.3. The molecule has 0 aliphatic rings. The van der Waals surface area contributed by atoms with E-state index in [2.05, 4.69) is 5.32 Å². The van der Waals surface area contributed by atoms with E-state index in [-0.39, 0.29) is 18.3 Å². The summed E-state index contributed by atoms with van der Waals surface area (Å²) in [5, 5.41) is 3.19. The first kappa shape index (κ1) is 29.4. The maximum atomic E-state index is 13.4. The largest absolute Gasteiger partial charge is 0.416 e. The molecule has 0 aliphatic carbocycles. The van der Waals surface area contributed by atoms with Crippen LogP contribution in [-0.4, -0.2) is 50.0 Å². The zero-order valence-corrected chi connectivity index (χ0v) is 21.9. The van der Waals surface area contributed by atoms with Gasteiger partial charge < -0.3 is 10.2 Å². The summed E-state index contributed by atoms with van der Waals surface area (Å²) in [4.78, 5) is 27.4. The number of hydrogen-bond donors (Lipinski definition) is 1. The van der Waals surface area contributed by atoms with E-state index >= 15 is 0 Å². The summed E-state index contributed by atoms with van der Waals surface area (Å²) < 4.78 is 65.3. The molecule has 0 saturated heterocycles. The Balaban J connectivity index is 2.44. The SMILES string of the molecule is CC[C@H](C)NC(=O)[C@H](C)N(Cc1cccc(Cl)c1)C(=O)CN(c1cccc(C(F)(F)F)c1)S(C)(=O)=O. The van der Waals surface area contributed by atoms with Crippen molar-refractivity contribution in [2.45, 2.75) is 52.0 Å². The highest BCUT2D eigenvalue weighted by atomic mass is 35.5. The fraction of sp³-hybridized carbons (Fsp3) is 0.417. The molecule has 2 atom stereocenters. The lowest BCUT2D eigenvalue weighted by Gasteiger charge is -2.32. The van der Waals surface area contributed by atoms with E-state index in [0.717, 1.165) is 18.4 Å². The molecule has 12 heteroatoms. The molecular weight excluding hydrogens is 519 g/mol. The van der Waals surface area contributed by atoms with Crippen LogP contribution in [0.2, 0.25) is 5.02 Å². The van der Waals surface area contributed by atoms with Gasteiger partial charge in [0.25, 0.3) is 0 Å². The molecule has 0 spiro atoms. The van der Waals surface area contributed by atoms with Gasteiger partial charge in [0.05, 0.1) is 17.5 Å². The third-order valence-corrected chi connectivity index (χ3v) is 6.93. The Morgan fingerprint density at radius 3 is 2.28 bits per heavy atom. The molecule has 7 nitrogen and oxygen atoms in total. The molecule has 1 N–H and O–H groups in total. The van der Waals surface area contributed by atoms with Crippen molar-refractivity contribution in [3.05, 3.63) is 64.7 Å². The van der Waals surface area contributed by atoms with Crippen LogP contribution in [0, 0.1) is 0 Å². The van der Waals surface area contributed by atoms with Crippen LogP contribution in [0.5, 0.6) is 0 Å². The van der Waals surface area contributed by atoms with Gasteiger partial charge >= 0.3 is 6.18 Å². The summed E-state index contributed by atoms with van der Waals surface area (Å²) in [5.41, 5.74) is -0.790. The van der Waals surface area contributed by atoms with Gasteiger partial charge in [0, 0.05) is 17.6 Å². The highest BCUT2D eigenvalue weighted by Crippen LogP contribution is 2.32. The number of nitrogens with one attached hydrogen (secondary N) is 1. The van der Waals surface area contributed by atoms with Crippen molar-refractivity contribution in [2.24, 2.45) is 0 Å². The molecule has 0 fully saturated rings. The number of nitrogens with zero attached hydrogens (tertiary/aromatic N) is 2. The van der Waals surface area contributed by atoms with E-state index in [1.165, 1.54) is 17.9 Å². The molecule has 2 rings (SSSR count). The molecule has 0 heterocycles. The van der Waals surface area contributed by atoms with Crippen LogP contribution in [0.15, 0.2) is 48.5 Å². The molecule has 2 aromatic carbocycles. The Hall–Kier alpha value is -2.79. The minimum atomic E-state index is -4.70. The Labute approximate surface area is 214 Å². The average molecular weight is 548 g/mol. The fourth-order valence-corrected chi connectivity index (χ4v) is 4.39. The second-order valence-electron chi connectivity index (χ2n) is 8.46. The Kier molecular flexibility index (Phi) is 9.78. The van der Waals surface area contributed by atoms with Gasteiger partial charge in [-0.2, -0.15) is 13.2 Å². The van der Waals surface area contributed by atoms with Crippen molar-refractivity contribution in [1.29, 1.82) is 0 Å². The van der Waals surface area contributed by atoms with E-state index in [9.17, 15) is 31.2 Å². The van der Waals surface area contributed by atoms with E-state index in [0.29, 0.717) is 27.4 Å². The lowest BCUT2D eigenvalue weighted by Crippen LogP contribution is -2.52. The van der Waals surface area contributed by atoms with E-state index in [1.807, 2.05) is 6.92 Å². The van der Waals surface area contributed by atoms with Gasteiger partial charge in [-0.05, 0) is 56.2 Å². The minimum absolute atomic E-state index is 0.0747. The zero-order valence-electron chi connectivity index (χ0n) is 20.3. The van der Waals surface area contributed by atoms with Gasteiger partial charge in [0.2, 0.25) is 21.8 Å². The van der Waals surface area contributed by atoms with E-state index in [4.69, 9.17) is 11.6 Å². The fourth-order valence-electron chi connectivity index (χ4n) is 3.33. The van der Waals surface area contributed by atoms with Crippen LogP contribution < -0.4 is 9.62 Å². The van der Waals surface area contributed by atoms with Crippen molar-refractivity contribution in [3.8, 4) is 0 Å². The number of benzene rings is 2. The number of carbonyl (C=O) groups excluding carboxylic acids is 2. The molecule has 36 heavy (non-hydrogen) atoms. The molecule has 0 saturated carbocycles. The zero-order chi connectivity index (χ0) is 27.3.